The fraction of sp³-hybridized carbons (Fsp3) is 0.412. The number of likely N-dealkylation sites (tertiary alicyclic amines) is 1. The lowest BCUT2D eigenvalue weighted by Gasteiger charge is -2.17. The van der Waals surface area contributed by atoms with Gasteiger partial charge in [0.25, 0.3) is 0 Å². The third-order valence-electron chi connectivity index (χ3n) is 4.14. The molecule has 1 saturated heterocycles. The van der Waals surface area contributed by atoms with E-state index in [0.717, 1.165) is 19.0 Å². The molecule has 1 aliphatic rings. The van der Waals surface area contributed by atoms with Crippen molar-refractivity contribution in [2.45, 2.75) is 13.0 Å². The molecule has 1 aliphatic heterocycles. The lowest BCUT2D eigenvalue weighted by molar-refractivity contribution is 0.316. The van der Waals surface area contributed by atoms with Crippen molar-refractivity contribution < 1.29 is 0 Å². The second kappa shape index (κ2) is 7.07. The molecule has 1 atom stereocenters. The Bertz CT molecular complexity index is 550. The average molecular weight is 291 g/mol. The second-order valence-electron chi connectivity index (χ2n) is 5.59. The van der Waals surface area contributed by atoms with Crippen molar-refractivity contribution in [3.8, 4) is 0 Å². The van der Waals surface area contributed by atoms with E-state index in [4.69, 9.17) is 0 Å². The maximum Gasteiger partial charge on any atom is 0.0240 e. The minimum absolute atomic E-state index is 0. The first-order valence-electron chi connectivity index (χ1n) is 7.20. The highest BCUT2D eigenvalue weighted by atomic mass is 35.5. The molecule has 0 amide bonds. The SMILES string of the molecule is CNCC1CCN(Cc2cccc3ccccc23)C1.Cl. The van der Waals surface area contributed by atoms with Crippen LogP contribution in [0.25, 0.3) is 10.8 Å². The minimum Gasteiger partial charge on any atom is -0.319 e. The Balaban J connectivity index is 0.00000147. The van der Waals surface area contributed by atoms with Crippen LogP contribution in [0.5, 0.6) is 0 Å². The summed E-state index contributed by atoms with van der Waals surface area (Å²) in [6.07, 6.45) is 1.33. The summed E-state index contributed by atoms with van der Waals surface area (Å²) in [6, 6.07) is 15.3. The van der Waals surface area contributed by atoms with Gasteiger partial charge in [0.2, 0.25) is 0 Å². The van der Waals surface area contributed by atoms with Crippen LogP contribution in [0, 0.1) is 5.92 Å². The number of nitrogens with zero attached hydrogens (tertiary/aromatic N) is 1. The van der Waals surface area contributed by atoms with Crippen LogP contribution in [0.3, 0.4) is 0 Å². The molecule has 1 fully saturated rings. The quantitative estimate of drug-likeness (QED) is 0.929. The van der Waals surface area contributed by atoms with E-state index in [9.17, 15) is 0 Å². The molecule has 0 saturated carbocycles. The van der Waals surface area contributed by atoms with Gasteiger partial charge in [0.05, 0.1) is 0 Å². The fourth-order valence-corrected chi connectivity index (χ4v) is 3.18. The number of hydrogen-bond acceptors (Lipinski definition) is 2. The monoisotopic (exact) mass is 290 g/mol. The third-order valence-corrected chi connectivity index (χ3v) is 4.14. The van der Waals surface area contributed by atoms with Gasteiger partial charge in [-0.2, -0.15) is 0 Å². The molecule has 20 heavy (non-hydrogen) atoms. The van der Waals surface area contributed by atoms with Crippen LogP contribution in [0.4, 0.5) is 0 Å². The van der Waals surface area contributed by atoms with Gasteiger partial charge in [0, 0.05) is 13.1 Å². The fourth-order valence-electron chi connectivity index (χ4n) is 3.18. The number of benzene rings is 2. The summed E-state index contributed by atoms with van der Waals surface area (Å²) < 4.78 is 0. The maximum absolute atomic E-state index is 3.30. The van der Waals surface area contributed by atoms with E-state index in [1.807, 2.05) is 7.05 Å². The Morgan fingerprint density at radius 3 is 2.80 bits per heavy atom. The second-order valence-corrected chi connectivity index (χ2v) is 5.59. The third kappa shape index (κ3) is 3.32. The van der Waals surface area contributed by atoms with Crippen LogP contribution >= 0.6 is 12.4 Å². The van der Waals surface area contributed by atoms with Gasteiger partial charge < -0.3 is 5.32 Å². The predicted molar refractivity (Wildman–Crippen MR) is 88.5 cm³/mol. The zero-order chi connectivity index (χ0) is 13.1. The lowest BCUT2D eigenvalue weighted by Crippen LogP contribution is -2.24. The minimum atomic E-state index is 0. The first-order chi connectivity index (χ1) is 9.36. The molecule has 0 aromatic heterocycles. The van der Waals surface area contributed by atoms with Crippen LogP contribution in [-0.4, -0.2) is 31.6 Å². The molecule has 108 valence electrons. The number of hydrogen-bond donors (Lipinski definition) is 1. The maximum atomic E-state index is 3.30. The van der Waals surface area contributed by atoms with E-state index in [2.05, 4.69) is 52.7 Å². The van der Waals surface area contributed by atoms with E-state index in [-0.39, 0.29) is 12.4 Å². The van der Waals surface area contributed by atoms with Crippen molar-refractivity contribution in [3.63, 3.8) is 0 Å². The van der Waals surface area contributed by atoms with E-state index >= 15 is 0 Å². The van der Waals surface area contributed by atoms with Gasteiger partial charge in [-0.25, -0.2) is 0 Å². The van der Waals surface area contributed by atoms with Gasteiger partial charge in [-0.05, 0) is 48.8 Å². The Morgan fingerprint density at radius 2 is 1.95 bits per heavy atom. The number of nitrogens with one attached hydrogen (secondary N) is 1. The molecule has 0 aliphatic carbocycles. The average Bonchev–Trinajstić information content (AvgIpc) is 2.87. The first kappa shape index (κ1) is 15.3. The van der Waals surface area contributed by atoms with Crippen molar-refractivity contribution in [3.05, 3.63) is 48.0 Å². The van der Waals surface area contributed by atoms with E-state index in [0.29, 0.717) is 0 Å². The highest BCUT2D eigenvalue weighted by molar-refractivity contribution is 5.85. The van der Waals surface area contributed by atoms with Gasteiger partial charge >= 0.3 is 0 Å². The van der Waals surface area contributed by atoms with Gasteiger partial charge in [0.1, 0.15) is 0 Å². The topological polar surface area (TPSA) is 15.3 Å². The van der Waals surface area contributed by atoms with Crippen molar-refractivity contribution >= 4 is 23.2 Å². The molecule has 1 heterocycles. The normalized spacial score (nSPS) is 19.1. The van der Waals surface area contributed by atoms with Crippen molar-refractivity contribution in [2.75, 3.05) is 26.7 Å². The van der Waals surface area contributed by atoms with Crippen LogP contribution in [0.15, 0.2) is 42.5 Å². The molecule has 2 aromatic carbocycles. The molecular weight excluding hydrogens is 268 g/mol. The summed E-state index contributed by atoms with van der Waals surface area (Å²) in [4.78, 5) is 2.59. The summed E-state index contributed by atoms with van der Waals surface area (Å²) in [6.45, 7) is 4.69. The Labute approximate surface area is 127 Å². The summed E-state index contributed by atoms with van der Waals surface area (Å²) in [5.41, 5.74) is 1.46. The van der Waals surface area contributed by atoms with Crippen LogP contribution in [0.2, 0.25) is 0 Å². The molecule has 0 spiro atoms. The molecule has 0 bridgehead atoms. The Morgan fingerprint density at radius 1 is 1.15 bits per heavy atom. The van der Waals surface area contributed by atoms with E-state index in [1.165, 1.54) is 35.8 Å². The zero-order valence-electron chi connectivity index (χ0n) is 12.0. The first-order valence-corrected chi connectivity index (χ1v) is 7.20. The molecule has 2 nitrogen and oxygen atoms in total. The van der Waals surface area contributed by atoms with Crippen molar-refractivity contribution in [1.82, 2.24) is 10.2 Å². The largest absolute Gasteiger partial charge is 0.319 e. The predicted octanol–water partition coefficient (Wildman–Crippen LogP) is 3.30. The standard InChI is InChI=1S/C17H22N2.ClH/c1-18-11-14-9-10-19(12-14)13-16-7-4-6-15-5-2-3-8-17(15)16;/h2-8,14,18H,9-13H2,1H3;1H. The van der Waals surface area contributed by atoms with Crippen LogP contribution < -0.4 is 5.32 Å². The Hall–Kier alpha value is -1.09. The van der Waals surface area contributed by atoms with Crippen LogP contribution in [0.1, 0.15) is 12.0 Å². The van der Waals surface area contributed by atoms with E-state index < -0.39 is 0 Å². The number of halogens is 1. The van der Waals surface area contributed by atoms with Crippen LogP contribution in [-0.2, 0) is 6.54 Å². The summed E-state index contributed by atoms with van der Waals surface area (Å²) >= 11 is 0. The molecule has 1 N–H and O–H groups in total. The molecule has 3 heteroatoms. The van der Waals surface area contributed by atoms with E-state index in [1.54, 1.807) is 0 Å². The summed E-state index contributed by atoms with van der Waals surface area (Å²) in [5.74, 6) is 0.819. The lowest BCUT2D eigenvalue weighted by atomic mass is 10.0. The van der Waals surface area contributed by atoms with Gasteiger partial charge in [-0.15, -0.1) is 12.4 Å². The highest BCUT2D eigenvalue weighted by Gasteiger charge is 2.21. The summed E-state index contributed by atoms with van der Waals surface area (Å²) in [7, 11) is 2.05. The smallest absolute Gasteiger partial charge is 0.0240 e. The van der Waals surface area contributed by atoms with Crippen molar-refractivity contribution in [1.29, 1.82) is 0 Å². The number of fused-ring (bicyclic) bond motifs is 1. The van der Waals surface area contributed by atoms with Gasteiger partial charge in [-0.1, -0.05) is 42.5 Å². The summed E-state index contributed by atoms with van der Waals surface area (Å²) in [5, 5.41) is 6.05. The molecule has 1 unspecified atom stereocenters. The Kier molecular flexibility index (Phi) is 5.41. The van der Waals surface area contributed by atoms with Gasteiger partial charge in [0.15, 0.2) is 0 Å². The highest BCUT2D eigenvalue weighted by Crippen LogP contribution is 2.23. The van der Waals surface area contributed by atoms with Crippen molar-refractivity contribution in [2.24, 2.45) is 5.92 Å². The molecule has 3 rings (SSSR count). The molecule has 2 aromatic rings. The van der Waals surface area contributed by atoms with Gasteiger partial charge in [-0.3, -0.25) is 4.90 Å². The zero-order valence-corrected chi connectivity index (χ0v) is 12.8. The number of rotatable bonds is 4. The molecular formula is C17H23ClN2. The molecule has 0 radical (unpaired) electrons.